The van der Waals surface area contributed by atoms with Gasteiger partial charge in [0.1, 0.15) is 24.2 Å². The number of rotatable bonds is 8. The van der Waals surface area contributed by atoms with Gasteiger partial charge in [0, 0.05) is 12.3 Å². The van der Waals surface area contributed by atoms with E-state index in [1.54, 1.807) is 0 Å². The molecule has 0 saturated carbocycles. The summed E-state index contributed by atoms with van der Waals surface area (Å²) in [6, 6.07) is -4.02. The molecule has 1 saturated heterocycles. The van der Waals surface area contributed by atoms with Gasteiger partial charge in [0.15, 0.2) is 0 Å². The molecule has 142 valence electrons. The fourth-order valence-electron chi connectivity index (χ4n) is 2.47. The van der Waals surface area contributed by atoms with Crippen molar-refractivity contribution in [2.24, 2.45) is 5.73 Å². The highest BCUT2D eigenvalue weighted by atomic mass is 32.1. The van der Waals surface area contributed by atoms with E-state index < -0.39 is 54.5 Å². The Balaban J connectivity index is 2.72. The Bertz CT molecular complexity index is 531. The third kappa shape index (κ3) is 5.58. The summed E-state index contributed by atoms with van der Waals surface area (Å²) in [5, 5.41) is 22.6. The number of aliphatic carboxylic acids is 1. The summed E-state index contributed by atoms with van der Waals surface area (Å²) >= 11 is 3.88. The van der Waals surface area contributed by atoms with E-state index in [-0.39, 0.29) is 5.75 Å². The van der Waals surface area contributed by atoms with Crippen LogP contribution < -0.4 is 16.4 Å². The van der Waals surface area contributed by atoms with Crippen molar-refractivity contribution in [2.75, 3.05) is 18.9 Å². The number of nitrogens with two attached hydrogens (primary N) is 1. The van der Waals surface area contributed by atoms with Gasteiger partial charge >= 0.3 is 5.97 Å². The largest absolute Gasteiger partial charge is 0.480 e. The zero-order valence-electron chi connectivity index (χ0n) is 13.8. The highest BCUT2D eigenvalue weighted by molar-refractivity contribution is 7.80. The monoisotopic (exact) mass is 376 g/mol. The van der Waals surface area contributed by atoms with Gasteiger partial charge in [-0.25, -0.2) is 4.79 Å². The molecule has 1 aliphatic heterocycles. The molecule has 1 heterocycles. The minimum Gasteiger partial charge on any atom is -0.480 e. The lowest BCUT2D eigenvalue weighted by atomic mass is 10.1. The van der Waals surface area contributed by atoms with Gasteiger partial charge in [0.2, 0.25) is 17.7 Å². The van der Waals surface area contributed by atoms with Crippen LogP contribution in [0.25, 0.3) is 0 Å². The van der Waals surface area contributed by atoms with E-state index in [0.29, 0.717) is 19.4 Å². The maximum atomic E-state index is 12.5. The van der Waals surface area contributed by atoms with Crippen LogP contribution >= 0.6 is 12.6 Å². The summed E-state index contributed by atoms with van der Waals surface area (Å²) in [5.74, 6) is -3.01. The molecule has 0 aromatic rings. The van der Waals surface area contributed by atoms with Crippen LogP contribution in [0.4, 0.5) is 0 Å². The molecule has 10 nitrogen and oxygen atoms in total. The van der Waals surface area contributed by atoms with Crippen molar-refractivity contribution < 1.29 is 29.4 Å². The van der Waals surface area contributed by atoms with Crippen LogP contribution in [0.2, 0.25) is 0 Å². The fourth-order valence-corrected chi connectivity index (χ4v) is 2.72. The molecule has 3 amide bonds. The maximum Gasteiger partial charge on any atom is 0.327 e. The predicted octanol–water partition coefficient (Wildman–Crippen LogP) is -2.70. The van der Waals surface area contributed by atoms with Crippen LogP contribution in [0.15, 0.2) is 0 Å². The summed E-state index contributed by atoms with van der Waals surface area (Å²) in [6.07, 6.45) is 0.979. The quantitative estimate of drug-likeness (QED) is 0.251. The molecule has 1 rings (SSSR count). The molecule has 4 atom stereocenters. The summed E-state index contributed by atoms with van der Waals surface area (Å²) in [5.41, 5.74) is 5.38. The second-order valence-electron chi connectivity index (χ2n) is 5.79. The number of thiol groups is 1. The highest BCUT2D eigenvalue weighted by Crippen LogP contribution is 2.19. The van der Waals surface area contributed by atoms with E-state index in [1.807, 2.05) is 0 Å². The van der Waals surface area contributed by atoms with E-state index in [9.17, 15) is 19.2 Å². The van der Waals surface area contributed by atoms with Crippen molar-refractivity contribution in [3.8, 4) is 0 Å². The topological polar surface area (TPSA) is 162 Å². The van der Waals surface area contributed by atoms with E-state index >= 15 is 0 Å². The number of carbonyl (C=O) groups is 4. The number of hydrogen-bond acceptors (Lipinski definition) is 7. The van der Waals surface area contributed by atoms with Gasteiger partial charge in [0.25, 0.3) is 0 Å². The van der Waals surface area contributed by atoms with Crippen LogP contribution in [0.3, 0.4) is 0 Å². The van der Waals surface area contributed by atoms with Gasteiger partial charge < -0.3 is 31.5 Å². The minimum absolute atomic E-state index is 0.0761. The maximum absolute atomic E-state index is 12.5. The number of nitrogens with one attached hydrogen (secondary N) is 2. The molecule has 0 aliphatic carbocycles. The van der Waals surface area contributed by atoms with Crippen molar-refractivity contribution in [1.29, 1.82) is 0 Å². The van der Waals surface area contributed by atoms with Crippen LogP contribution in [0, 0.1) is 0 Å². The first-order chi connectivity index (χ1) is 11.7. The molecule has 4 unspecified atom stereocenters. The number of aliphatic hydroxyl groups is 1. The lowest BCUT2D eigenvalue weighted by Crippen LogP contribution is -2.56. The lowest BCUT2D eigenvalue weighted by molar-refractivity contribution is -0.144. The molecule has 0 radical (unpaired) electrons. The first-order valence-electron chi connectivity index (χ1n) is 7.84. The Morgan fingerprint density at radius 1 is 1.32 bits per heavy atom. The summed E-state index contributed by atoms with van der Waals surface area (Å²) < 4.78 is 0. The number of carboxylic acid groups (broad SMARTS) is 1. The zero-order chi connectivity index (χ0) is 19.1. The van der Waals surface area contributed by atoms with Crippen LogP contribution in [-0.4, -0.2) is 81.9 Å². The Morgan fingerprint density at radius 2 is 1.96 bits per heavy atom. The van der Waals surface area contributed by atoms with Gasteiger partial charge in [-0.3, -0.25) is 14.4 Å². The number of aliphatic hydroxyl groups excluding tert-OH is 1. The average Bonchev–Trinajstić information content (AvgIpc) is 3.07. The Labute approximate surface area is 150 Å². The number of hydrogen-bond donors (Lipinski definition) is 6. The molecule has 11 heteroatoms. The molecular formula is C14H24N4O6S. The van der Waals surface area contributed by atoms with E-state index in [1.165, 1.54) is 11.8 Å². The molecule has 0 bridgehead atoms. The Hall–Kier alpha value is -1.85. The van der Waals surface area contributed by atoms with Gasteiger partial charge in [-0.15, -0.1) is 0 Å². The van der Waals surface area contributed by atoms with Crippen molar-refractivity contribution in [3.05, 3.63) is 0 Å². The van der Waals surface area contributed by atoms with Crippen LogP contribution in [0.5, 0.6) is 0 Å². The lowest BCUT2D eigenvalue weighted by Gasteiger charge is -2.28. The number of nitrogens with zero attached hydrogens (tertiary/aromatic N) is 1. The van der Waals surface area contributed by atoms with Crippen LogP contribution in [0.1, 0.15) is 19.8 Å². The summed E-state index contributed by atoms with van der Waals surface area (Å²) in [4.78, 5) is 48.7. The van der Waals surface area contributed by atoms with Crippen molar-refractivity contribution in [3.63, 3.8) is 0 Å². The van der Waals surface area contributed by atoms with Gasteiger partial charge in [-0.2, -0.15) is 12.6 Å². The molecule has 0 aromatic heterocycles. The van der Waals surface area contributed by atoms with E-state index in [2.05, 4.69) is 23.3 Å². The first-order valence-corrected chi connectivity index (χ1v) is 8.47. The van der Waals surface area contributed by atoms with E-state index in [4.69, 9.17) is 15.9 Å². The number of carboxylic acids is 1. The third-order valence-corrected chi connectivity index (χ3v) is 4.26. The Kier molecular flexibility index (Phi) is 8.13. The van der Waals surface area contributed by atoms with Crippen molar-refractivity contribution in [1.82, 2.24) is 15.5 Å². The second-order valence-corrected chi connectivity index (χ2v) is 6.16. The number of likely N-dealkylation sites (tertiary alicyclic amines) is 1. The molecule has 6 N–H and O–H groups in total. The number of carbonyl (C=O) groups excluding carboxylic acids is 3. The number of amides is 3. The van der Waals surface area contributed by atoms with E-state index in [0.717, 1.165) is 0 Å². The molecule has 25 heavy (non-hydrogen) atoms. The molecule has 0 spiro atoms. The normalized spacial score (nSPS) is 20.5. The molecule has 0 aromatic carbocycles. The molecular weight excluding hydrogens is 352 g/mol. The smallest absolute Gasteiger partial charge is 0.327 e. The van der Waals surface area contributed by atoms with Crippen molar-refractivity contribution >= 4 is 36.3 Å². The SMILES string of the molecule is CC(NC(=O)C(N)CO)C(=O)N1CCCC1C(=O)NC(CS)C(=O)O. The highest BCUT2D eigenvalue weighted by Gasteiger charge is 2.37. The fraction of sp³-hybridized carbons (Fsp3) is 0.714. The first kappa shape index (κ1) is 21.2. The summed E-state index contributed by atoms with van der Waals surface area (Å²) in [7, 11) is 0. The zero-order valence-corrected chi connectivity index (χ0v) is 14.7. The Morgan fingerprint density at radius 3 is 2.48 bits per heavy atom. The molecule has 1 aliphatic rings. The van der Waals surface area contributed by atoms with Gasteiger partial charge in [0.05, 0.1) is 6.61 Å². The van der Waals surface area contributed by atoms with Crippen LogP contribution in [-0.2, 0) is 19.2 Å². The predicted molar refractivity (Wildman–Crippen MR) is 90.8 cm³/mol. The molecule has 1 fully saturated rings. The summed E-state index contributed by atoms with van der Waals surface area (Å²) in [6.45, 7) is 1.22. The van der Waals surface area contributed by atoms with Gasteiger partial charge in [-0.05, 0) is 19.8 Å². The van der Waals surface area contributed by atoms with Crippen molar-refractivity contribution in [2.45, 2.75) is 43.9 Å². The van der Waals surface area contributed by atoms with Gasteiger partial charge in [-0.1, -0.05) is 0 Å². The third-order valence-electron chi connectivity index (χ3n) is 3.90. The average molecular weight is 376 g/mol. The minimum atomic E-state index is -1.21. The second kappa shape index (κ2) is 9.59. The standard InChI is InChI=1S/C14H24N4O6S/c1-7(16-11(20)8(15)5-19)13(22)18-4-2-3-10(18)12(21)17-9(6-25)14(23)24/h7-10,19,25H,2-6,15H2,1H3,(H,16,20)(H,17,21)(H,23,24).